The summed E-state index contributed by atoms with van der Waals surface area (Å²) >= 11 is 18.7. The van der Waals surface area contributed by atoms with Crippen LogP contribution in [0.5, 0.6) is 5.75 Å². The molecule has 2 aromatic carbocycles. The second-order valence-corrected chi connectivity index (χ2v) is 5.89. The Kier molecular flexibility index (Phi) is 5.77. The van der Waals surface area contributed by atoms with Crippen LogP contribution in [-0.2, 0) is 6.42 Å². The van der Waals surface area contributed by atoms with E-state index in [1.54, 1.807) is 13.2 Å². The van der Waals surface area contributed by atoms with E-state index in [0.29, 0.717) is 21.5 Å². The van der Waals surface area contributed by atoms with Crippen LogP contribution in [0, 0.1) is 0 Å². The van der Waals surface area contributed by atoms with Crippen LogP contribution < -0.4 is 10.1 Å². The lowest BCUT2D eigenvalue weighted by atomic mass is 9.98. The van der Waals surface area contributed by atoms with Crippen molar-refractivity contribution in [2.45, 2.75) is 12.5 Å². The minimum absolute atomic E-state index is 0.0291. The van der Waals surface area contributed by atoms with Crippen LogP contribution in [-0.4, -0.2) is 14.2 Å². The number of halogens is 3. The average molecular weight is 345 g/mol. The van der Waals surface area contributed by atoms with Crippen molar-refractivity contribution in [3.63, 3.8) is 0 Å². The number of methoxy groups -OCH3 is 1. The Morgan fingerprint density at radius 2 is 1.76 bits per heavy atom. The van der Waals surface area contributed by atoms with Crippen LogP contribution in [0.15, 0.2) is 36.4 Å². The fourth-order valence-electron chi connectivity index (χ4n) is 2.32. The summed E-state index contributed by atoms with van der Waals surface area (Å²) in [5, 5.41) is 5.21. The molecule has 0 aromatic heterocycles. The average Bonchev–Trinajstić information content (AvgIpc) is 2.46. The topological polar surface area (TPSA) is 21.3 Å². The third-order valence-corrected chi connectivity index (χ3v) is 4.26. The van der Waals surface area contributed by atoms with E-state index in [9.17, 15) is 0 Å². The summed E-state index contributed by atoms with van der Waals surface area (Å²) in [5.41, 5.74) is 1.88. The normalized spacial score (nSPS) is 12.2. The van der Waals surface area contributed by atoms with Gasteiger partial charge in [0.15, 0.2) is 0 Å². The highest BCUT2D eigenvalue weighted by atomic mass is 35.5. The van der Waals surface area contributed by atoms with Crippen molar-refractivity contribution >= 4 is 34.8 Å². The molecule has 0 aliphatic rings. The third-order valence-electron chi connectivity index (χ3n) is 3.36. The third kappa shape index (κ3) is 3.83. The summed E-state index contributed by atoms with van der Waals surface area (Å²) in [5.74, 6) is 0.794. The summed E-state index contributed by atoms with van der Waals surface area (Å²) in [6, 6.07) is 11.0. The van der Waals surface area contributed by atoms with Gasteiger partial charge in [-0.1, -0.05) is 40.9 Å². The van der Waals surface area contributed by atoms with E-state index in [-0.39, 0.29) is 6.04 Å². The summed E-state index contributed by atoms with van der Waals surface area (Å²) in [6.45, 7) is 0. The number of ether oxygens (including phenoxy) is 1. The fourth-order valence-corrected chi connectivity index (χ4v) is 3.17. The fraction of sp³-hybridized carbons (Fsp3) is 0.250. The Bertz CT molecular complexity index is 611. The highest BCUT2D eigenvalue weighted by Gasteiger charge is 2.18. The van der Waals surface area contributed by atoms with Crippen molar-refractivity contribution in [2.75, 3.05) is 14.2 Å². The maximum Gasteiger partial charge on any atom is 0.122 e. The predicted octanol–water partition coefficient (Wildman–Crippen LogP) is 5.16. The van der Waals surface area contributed by atoms with Gasteiger partial charge in [-0.2, -0.15) is 0 Å². The molecule has 0 spiro atoms. The molecule has 1 atom stereocenters. The van der Waals surface area contributed by atoms with E-state index in [0.717, 1.165) is 16.9 Å². The van der Waals surface area contributed by atoms with Crippen molar-refractivity contribution in [3.05, 3.63) is 62.6 Å². The molecule has 0 aliphatic carbocycles. The highest BCUT2D eigenvalue weighted by Crippen LogP contribution is 2.34. The molecule has 0 heterocycles. The number of benzene rings is 2. The molecular weight excluding hydrogens is 329 g/mol. The molecule has 0 bridgehead atoms. The molecule has 21 heavy (non-hydrogen) atoms. The Morgan fingerprint density at radius 3 is 2.33 bits per heavy atom. The van der Waals surface area contributed by atoms with Crippen LogP contribution in [0.3, 0.4) is 0 Å². The Morgan fingerprint density at radius 1 is 1.10 bits per heavy atom. The van der Waals surface area contributed by atoms with Gasteiger partial charge in [-0.25, -0.2) is 0 Å². The SMILES string of the molecule is CNC(Cc1cc(Cl)ccc1OC)c1c(Cl)cccc1Cl. The number of nitrogens with one attached hydrogen (secondary N) is 1. The van der Waals surface area contributed by atoms with E-state index in [1.807, 2.05) is 37.4 Å². The largest absolute Gasteiger partial charge is 0.496 e. The maximum atomic E-state index is 6.29. The first kappa shape index (κ1) is 16.4. The van der Waals surface area contributed by atoms with Gasteiger partial charge in [0.05, 0.1) is 7.11 Å². The molecule has 112 valence electrons. The van der Waals surface area contributed by atoms with Crippen molar-refractivity contribution in [1.29, 1.82) is 0 Å². The molecule has 2 aromatic rings. The van der Waals surface area contributed by atoms with Crippen LogP contribution in [0.25, 0.3) is 0 Å². The Balaban J connectivity index is 2.38. The highest BCUT2D eigenvalue weighted by molar-refractivity contribution is 6.36. The van der Waals surface area contributed by atoms with Crippen molar-refractivity contribution in [2.24, 2.45) is 0 Å². The first-order valence-corrected chi connectivity index (χ1v) is 7.63. The molecule has 1 N–H and O–H groups in total. The Hall–Kier alpha value is -0.930. The lowest BCUT2D eigenvalue weighted by molar-refractivity contribution is 0.406. The van der Waals surface area contributed by atoms with Gasteiger partial charge in [0.1, 0.15) is 5.75 Å². The molecule has 2 nitrogen and oxygen atoms in total. The molecular formula is C16H16Cl3NO. The first-order valence-electron chi connectivity index (χ1n) is 6.50. The van der Waals surface area contributed by atoms with Gasteiger partial charge >= 0.3 is 0 Å². The van der Waals surface area contributed by atoms with Gasteiger partial charge in [0, 0.05) is 26.7 Å². The van der Waals surface area contributed by atoms with Crippen LogP contribution in [0.1, 0.15) is 17.2 Å². The second kappa shape index (κ2) is 7.37. The summed E-state index contributed by atoms with van der Waals surface area (Å²) in [7, 11) is 3.52. The predicted molar refractivity (Wildman–Crippen MR) is 90.0 cm³/mol. The quantitative estimate of drug-likeness (QED) is 0.809. The molecule has 2 rings (SSSR count). The molecule has 0 amide bonds. The summed E-state index contributed by atoms with van der Waals surface area (Å²) < 4.78 is 5.39. The van der Waals surface area contributed by atoms with Crippen LogP contribution in [0.4, 0.5) is 0 Å². The van der Waals surface area contributed by atoms with E-state index in [2.05, 4.69) is 5.32 Å². The maximum absolute atomic E-state index is 6.29. The number of likely N-dealkylation sites (N-methyl/N-ethyl adjacent to an activating group) is 1. The minimum Gasteiger partial charge on any atom is -0.496 e. The molecule has 0 radical (unpaired) electrons. The number of hydrogen-bond acceptors (Lipinski definition) is 2. The van der Waals surface area contributed by atoms with E-state index < -0.39 is 0 Å². The molecule has 1 unspecified atom stereocenters. The summed E-state index contributed by atoms with van der Waals surface area (Å²) in [6.07, 6.45) is 0.670. The van der Waals surface area contributed by atoms with Gasteiger partial charge in [0.25, 0.3) is 0 Å². The zero-order chi connectivity index (χ0) is 15.4. The molecule has 0 fully saturated rings. The van der Waals surface area contributed by atoms with Gasteiger partial charge in [-0.3, -0.25) is 0 Å². The lowest BCUT2D eigenvalue weighted by Crippen LogP contribution is -2.20. The van der Waals surface area contributed by atoms with E-state index in [1.165, 1.54) is 0 Å². The van der Waals surface area contributed by atoms with Crippen LogP contribution >= 0.6 is 34.8 Å². The standard InChI is InChI=1S/C16H16Cl3NO/c1-20-14(16-12(18)4-3-5-13(16)19)9-10-8-11(17)6-7-15(10)21-2/h3-8,14,20H,9H2,1-2H3. The molecule has 0 aliphatic heterocycles. The first-order chi connectivity index (χ1) is 10.1. The minimum atomic E-state index is -0.0291. The molecule has 0 saturated carbocycles. The monoisotopic (exact) mass is 343 g/mol. The second-order valence-electron chi connectivity index (χ2n) is 4.64. The molecule has 5 heteroatoms. The van der Waals surface area contributed by atoms with E-state index in [4.69, 9.17) is 39.5 Å². The van der Waals surface area contributed by atoms with Crippen molar-refractivity contribution in [1.82, 2.24) is 5.32 Å². The van der Waals surface area contributed by atoms with E-state index >= 15 is 0 Å². The smallest absolute Gasteiger partial charge is 0.122 e. The lowest BCUT2D eigenvalue weighted by Gasteiger charge is -2.21. The van der Waals surface area contributed by atoms with Gasteiger partial charge in [0.2, 0.25) is 0 Å². The van der Waals surface area contributed by atoms with Gasteiger partial charge in [-0.15, -0.1) is 0 Å². The van der Waals surface area contributed by atoms with Gasteiger partial charge in [-0.05, 0) is 49.4 Å². The van der Waals surface area contributed by atoms with Crippen LogP contribution in [0.2, 0.25) is 15.1 Å². The number of rotatable bonds is 5. The van der Waals surface area contributed by atoms with Crippen molar-refractivity contribution < 1.29 is 4.74 Å². The van der Waals surface area contributed by atoms with Gasteiger partial charge < -0.3 is 10.1 Å². The molecule has 0 saturated heterocycles. The zero-order valence-corrected chi connectivity index (χ0v) is 14.1. The van der Waals surface area contributed by atoms with Crippen molar-refractivity contribution in [3.8, 4) is 5.75 Å². The summed E-state index contributed by atoms with van der Waals surface area (Å²) in [4.78, 5) is 0. The number of hydrogen-bond donors (Lipinski definition) is 1. The Labute approximate surface area is 140 Å². The zero-order valence-electron chi connectivity index (χ0n) is 11.8.